The second-order valence-electron chi connectivity index (χ2n) is 3.55. The molecule has 0 spiro atoms. The van der Waals surface area contributed by atoms with Gasteiger partial charge in [-0.05, 0) is 17.7 Å². The fraction of sp³-hybridized carbons (Fsp3) is 0.182. The number of aliphatic imine (C=N–C) groups is 1. The van der Waals surface area contributed by atoms with Crippen LogP contribution in [0.5, 0.6) is 0 Å². The van der Waals surface area contributed by atoms with Crippen LogP contribution in [0.3, 0.4) is 0 Å². The number of alkyl halides is 1. The Labute approximate surface area is 103 Å². The SMILES string of the molecule is NC(CCl)=Nc1ccc(C2=NNC(=O)C2)cc1. The van der Waals surface area contributed by atoms with Crippen molar-refractivity contribution in [2.45, 2.75) is 6.42 Å². The molecule has 0 saturated heterocycles. The molecular formula is C11H11ClN4O. The summed E-state index contributed by atoms with van der Waals surface area (Å²) in [6.45, 7) is 0. The van der Waals surface area contributed by atoms with Crippen molar-refractivity contribution >= 4 is 34.7 Å². The van der Waals surface area contributed by atoms with Crippen molar-refractivity contribution in [1.82, 2.24) is 5.43 Å². The van der Waals surface area contributed by atoms with Gasteiger partial charge in [-0.25, -0.2) is 10.4 Å². The van der Waals surface area contributed by atoms with Gasteiger partial charge < -0.3 is 5.73 Å². The topological polar surface area (TPSA) is 79.8 Å². The summed E-state index contributed by atoms with van der Waals surface area (Å²) < 4.78 is 0. The van der Waals surface area contributed by atoms with Crippen molar-refractivity contribution in [3.63, 3.8) is 0 Å². The molecule has 0 radical (unpaired) electrons. The van der Waals surface area contributed by atoms with Gasteiger partial charge in [-0.15, -0.1) is 11.6 Å². The first-order valence-corrected chi connectivity index (χ1v) is 5.57. The van der Waals surface area contributed by atoms with Crippen LogP contribution in [0.25, 0.3) is 0 Å². The number of nitrogens with one attached hydrogen (secondary N) is 1. The maximum absolute atomic E-state index is 11.0. The highest BCUT2D eigenvalue weighted by Crippen LogP contribution is 2.15. The predicted molar refractivity (Wildman–Crippen MR) is 67.7 cm³/mol. The third-order valence-electron chi connectivity index (χ3n) is 2.25. The summed E-state index contributed by atoms with van der Waals surface area (Å²) in [5.41, 5.74) is 10.3. The average molecular weight is 251 g/mol. The largest absolute Gasteiger partial charge is 0.386 e. The fourth-order valence-electron chi connectivity index (χ4n) is 1.45. The van der Waals surface area contributed by atoms with E-state index < -0.39 is 0 Å². The molecule has 17 heavy (non-hydrogen) atoms. The van der Waals surface area contributed by atoms with Crippen molar-refractivity contribution in [3.8, 4) is 0 Å². The van der Waals surface area contributed by atoms with Crippen LogP contribution in [0.1, 0.15) is 12.0 Å². The Morgan fingerprint density at radius 1 is 1.47 bits per heavy atom. The molecular weight excluding hydrogens is 240 g/mol. The summed E-state index contributed by atoms with van der Waals surface area (Å²) in [7, 11) is 0. The molecule has 6 heteroatoms. The molecule has 2 rings (SSSR count). The van der Waals surface area contributed by atoms with E-state index in [4.69, 9.17) is 17.3 Å². The van der Waals surface area contributed by atoms with Crippen LogP contribution in [0, 0.1) is 0 Å². The number of amidine groups is 1. The lowest BCUT2D eigenvalue weighted by Gasteiger charge is -2.00. The summed E-state index contributed by atoms with van der Waals surface area (Å²) in [6, 6.07) is 7.30. The monoisotopic (exact) mass is 250 g/mol. The Kier molecular flexibility index (Phi) is 3.39. The number of carbonyl (C=O) groups excluding carboxylic acids is 1. The van der Waals surface area contributed by atoms with Gasteiger partial charge in [0.1, 0.15) is 5.84 Å². The first-order chi connectivity index (χ1) is 8.19. The Hall–Kier alpha value is -1.88. The Balaban J connectivity index is 2.16. The minimum atomic E-state index is -0.0894. The molecule has 1 heterocycles. The quantitative estimate of drug-likeness (QED) is 0.479. The van der Waals surface area contributed by atoms with Gasteiger partial charge in [-0.1, -0.05) is 12.1 Å². The molecule has 0 atom stereocenters. The fourth-order valence-corrected chi connectivity index (χ4v) is 1.51. The number of hydrogen-bond acceptors (Lipinski definition) is 3. The Bertz CT molecular complexity index is 493. The maximum Gasteiger partial charge on any atom is 0.246 e. The third-order valence-corrected chi connectivity index (χ3v) is 2.53. The molecule has 0 fully saturated rings. The van der Waals surface area contributed by atoms with Crippen LogP contribution >= 0.6 is 11.6 Å². The van der Waals surface area contributed by atoms with E-state index in [2.05, 4.69) is 15.5 Å². The normalized spacial score (nSPS) is 15.7. The average Bonchev–Trinajstić information content (AvgIpc) is 2.77. The van der Waals surface area contributed by atoms with E-state index in [-0.39, 0.29) is 11.8 Å². The van der Waals surface area contributed by atoms with Crippen molar-refractivity contribution in [3.05, 3.63) is 29.8 Å². The van der Waals surface area contributed by atoms with E-state index in [0.29, 0.717) is 12.3 Å². The molecule has 1 amide bonds. The van der Waals surface area contributed by atoms with Crippen molar-refractivity contribution in [2.75, 3.05) is 5.88 Å². The summed E-state index contributed by atoms with van der Waals surface area (Å²) in [5.74, 6) is 0.482. The molecule has 1 aromatic rings. The third kappa shape index (κ3) is 2.82. The molecule has 88 valence electrons. The minimum absolute atomic E-state index is 0.0894. The first kappa shape index (κ1) is 11.6. The Morgan fingerprint density at radius 2 is 2.18 bits per heavy atom. The van der Waals surface area contributed by atoms with E-state index in [9.17, 15) is 4.79 Å². The van der Waals surface area contributed by atoms with Crippen molar-refractivity contribution in [2.24, 2.45) is 15.8 Å². The summed E-state index contributed by atoms with van der Waals surface area (Å²) in [4.78, 5) is 15.1. The van der Waals surface area contributed by atoms with Gasteiger partial charge in [0, 0.05) is 0 Å². The summed E-state index contributed by atoms with van der Waals surface area (Å²) in [5, 5.41) is 3.93. The van der Waals surface area contributed by atoms with Gasteiger partial charge >= 0.3 is 0 Å². The molecule has 5 nitrogen and oxygen atoms in total. The number of hydrazone groups is 1. The molecule has 1 aromatic carbocycles. The maximum atomic E-state index is 11.0. The van der Waals surface area contributed by atoms with Crippen molar-refractivity contribution < 1.29 is 4.79 Å². The van der Waals surface area contributed by atoms with Gasteiger partial charge in [-0.3, -0.25) is 4.79 Å². The highest BCUT2D eigenvalue weighted by Gasteiger charge is 2.15. The number of carbonyl (C=O) groups is 1. The predicted octanol–water partition coefficient (Wildman–Crippen LogP) is 1.14. The number of nitrogens with two attached hydrogens (primary N) is 1. The lowest BCUT2D eigenvalue weighted by atomic mass is 10.1. The van der Waals surface area contributed by atoms with Crippen LogP contribution in [0.2, 0.25) is 0 Å². The molecule has 0 unspecified atom stereocenters. The van der Waals surface area contributed by atoms with E-state index >= 15 is 0 Å². The molecule has 0 bridgehead atoms. The number of benzene rings is 1. The Morgan fingerprint density at radius 3 is 2.71 bits per heavy atom. The highest BCUT2D eigenvalue weighted by molar-refractivity contribution is 6.28. The summed E-state index contributed by atoms with van der Waals surface area (Å²) in [6.07, 6.45) is 0.312. The number of rotatable bonds is 3. The smallest absolute Gasteiger partial charge is 0.246 e. The second-order valence-corrected chi connectivity index (χ2v) is 3.82. The lowest BCUT2D eigenvalue weighted by Crippen LogP contribution is -2.12. The van der Waals surface area contributed by atoms with Crippen LogP contribution in [0.15, 0.2) is 34.4 Å². The van der Waals surface area contributed by atoms with Gasteiger partial charge in [0.05, 0.1) is 23.7 Å². The minimum Gasteiger partial charge on any atom is -0.386 e. The highest BCUT2D eigenvalue weighted by atomic mass is 35.5. The zero-order valence-electron chi connectivity index (χ0n) is 8.98. The molecule has 0 aliphatic carbocycles. The molecule has 0 saturated carbocycles. The second kappa shape index (κ2) is 4.97. The van der Waals surface area contributed by atoms with E-state index in [1.54, 1.807) is 12.1 Å². The number of amides is 1. The van der Waals surface area contributed by atoms with Crippen LogP contribution in [0.4, 0.5) is 5.69 Å². The number of hydrogen-bond donors (Lipinski definition) is 2. The standard InChI is InChI=1S/C11H11ClN4O/c12-6-10(13)14-8-3-1-7(2-4-8)9-5-11(17)16-15-9/h1-4H,5-6H2,(H2,13,14)(H,16,17). The zero-order valence-corrected chi connectivity index (χ0v) is 9.74. The first-order valence-electron chi connectivity index (χ1n) is 5.04. The van der Waals surface area contributed by atoms with Gasteiger partial charge in [0.25, 0.3) is 0 Å². The number of halogens is 1. The van der Waals surface area contributed by atoms with Gasteiger partial charge in [0.2, 0.25) is 5.91 Å². The van der Waals surface area contributed by atoms with Crippen LogP contribution in [-0.4, -0.2) is 23.3 Å². The zero-order chi connectivity index (χ0) is 12.3. The van der Waals surface area contributed by atoms with Crippen LogP contribution < -0.4 is 11.2 Å². The van der Waals surface area contributed by atoms with E-state index in [1.165, 1.54) is 0 Å². The van der Waals surface area contributed by atoms with E-state index in [1.807, 2.05) is 12.1 Å². The van der Waals surface area contributed by atoms with E-state index in [0.717, 1.165) is 17.0 Å². The van der Waals surface area contributed by atoms with Gasteiger partial charge in [0.15, 0.2) is 0 Å². The molecule has 1 aliphatic rings. The van der Waals surface area contributed by atoms with Gasteiger partial charge in [-0.2, -0.15) is 5.10 Å². The number of nitrogens with zero attached hydrogens (tertiary/aromatic N) is 2. The molecule has 3 N–H and O–H groups in total. The van der Waals surface area contributed by atoms with Crippen molar-refractivity contribution in [1.29, 1.82) is 0 Å². The van der Waals surface area contributed by atoms with Crippen LogP contribution in [-0.2, 0) is 4.79 Å². The summed E-state index contributed by atoms with van der Waals surface area (Å²) >= 11 is 5.53. The lowest BCUT2D eigenvalue weighted by molar-refractivity contribution is -0.119. The molecule has 0 aromatic heterocycles. The molecule has 1 aliphatic heterocycles.